The third-order valence-corrected chi connectivity index (χ3v) is 4.61. The Bertz CT molecular complexity index is 728. The Hall–Kier alpha value is -1.60. The molecule has 0 aliphatic heterocycles. The quantitative estimate of drug-likeness (QED) is 0.469. The predicted octanol–water partition coefficient (Wildman–Crippen LogP) is 5.81. The molecule has 0 saturated heterocycles. The van der Waals surface area contributed by atoms with E-state index in [-0.39, 0.29) is 12.2 Å². The van der Waals surface area contributed by atoms with Crippen molar-refractivity contribution in [1.82, 2.24) is 4.90 Å². The van der Waals surface area contributed by atoms with Gasteiger partial charge in [-0.15, -0.1) is 0 Å². The number of carbonyl (C=O) groups excluding carboxylic acids is 1. The molecule has 146 valence electrons. The molecule has 0 radical (unpaired) electrons. The summed E-state index contributed by atoms with van der Waals surface area (Å²) in [6.07, 6.45) is 0.296. The van der Waals surface area contributed by atoms with Gasteiger partial charge in [0, 0.05) is 17.2 Å². The third-order valence-electron chi connectivity index (χ3n) is 3.94. The van der Waals surface area contributed by atoms with Gasteiger partial charge < -0.3 is 14.4 Å². The summed E-state index contributed by atoms with van der Waals surface area (Å²) >= 11 is 2.30. The van der Waals surface area contributed by atoms with Crippen molar-refractivity contribution in [3.05, 3.63) is 69.3 Å². The van der Waals surface area contributed by atoms with E-state index >= 15 is 0 Å². The molecule has 1 amide bonds. The summed E-state index contributed by atoms with van der Waals surface area (Å²) in [6.45, 7) is 6.70. The lowest BCUT2D eigenvalue weighted by Crippen LogP contribution is -2.35. The van der Waals surface area contributed by atoms with Crippen LogP contribution in [0.25, 0.3) is 0 Å². The Morgan fingerprint density at radius 2 is 1.81 bits per heavy atom. The summed E-state index contributed by atoms with van der Waals surface area (Å²) in [5.41, 5.74) is 1.76. The topological polar surface area (TPSA) is 38.8 Å². The van der Waals surface area contributed by atoms with Crippen LogP contribution >= 0.6 is 22.6 Å². The summed E-state index contributed by atoms with van der Waals surface area (Å²) in [4.78, 5) is 13.8. The van der Waals surface area contributed by atoms with Gasteiger partial charge in [0.25, 0.3) is 0 Å². The van der Waals surface area contributed by atoms with E-state index in [4.69, 9.17) is 9.47 Å². The average molecular weight is 481 g/mol. The van der Waals surface area contributed by atoms with Gasteiger partial charge in [-0.2, -0.15) is 0 Å². The minimum Gasteiger partial charge on any atom is -0.444 e. The SMILES string of the molecule is CN(CCC(OCc1cccc(I)c1)c1ccccc1)C(=O)OC(C)(C)C. The molecule has 1 atom stereocenters. The first kappa shape index (κ1) is 21.7. The minimum atomic E-state index is -0.495. The average Bonchev–Trinajstić information content (AvgIpc) is 2.61. The van der Waals surface area contributed by atoms with Crippen LogP contribution in [0.15, 0.2) is 54.6 Å². The first-order valence-electron chi connectivity index (χ1n) is 9.10. The Kier molecular flexibility index (Phi) is 8.10. The molecular formula is C22H28INO3. The second kappa shape index (κ2) is 10.1. The van der Waals surface area contributed by atoms with E-state index in [0.29, 0.717) is 19.6 Å². The fourth-order valence-corrected chi connectivity index (χ4v) is 3.19. The van der Waals surface area contributed by atoms with E-state index in [1.54, 1.807) is 11.9 Å². The molecule has 0 heterocycles. The summed E-state index contributed by atoms with van der Waals surface area (Å²) in [7, 11) is 1.76. The zero-order valence-corrected chi connectivity index (χ0v) is 18.6. The van der Waals surface area contributed by atoms with Crippen LogP contribution in [0.3, 0.4) is 0 Å². The molecule has 2 aromatic rings. The Labute approximate surface area is 176 Å². The number of hydrogen-bond donors (Lipinski definition) is 0. The van der Waals surface area contributed by atoms with Gasteiger partial charge in [0.2, 0.25) is 0 Å². The number of amides is 1. The molecule has 2 aromatic carbocycles. The molecule has 1 unspecified atom stereocenters. The molecule has 0 bridgehead atoms. The highest BCUT2D eigenvalue weighted by Crippen LogP contribution is 2.24. The van der Waals surface area contributed by atoms with E-state index in [0.717, 1.165) is 11.1 Å². The summed E-state index contributed by atoms with van der Waals surface area (Å²) in [5.74, 6) is 0. The Morgan fingerprint density at radius 1 is 1.11 bits per heavy atom. The van der Waals surface area contributed by atoms with Crippen LogP contribution < -0.4 is 0 Å². The molecule has 5 heteroatoms. The summed E-state index contributed by atoms with van der Waals surface area (Å²) in [5, 5.41) is 0. The van der Waals surface area contributed by atoms with Crippen molar-refractivity contribution in [2.75, 3.05) is 13.6 Å². The number of hydrogen-bond acceptors (Lipinski definition) is 3. The van der Waals surface area contributed by atoms with Crippen LogP contribution in [-0.2, 0) is 16.1 Å². The van der Waals surface area contributed by atoms with Crippen LogP contribution in [0, 0.1) is 3.57 Å². The van der Waals surface area contributed by atoms with Gasteiger partial charge >= 0.3 is 6.09 Å². The second-order valence-corrected chi connectivity index (χ2v) is 8.78. The van der Waals surface area contributed by atoms with Crippen LogP contribution in [0.5, 0.6) is 0 Å². The molecule has 0 N–H and O–H groups in total. The maximum Gasteiger partial charge on any atom is 0.410 e. The van der Waals surface area contributed by atoms with Crippen LogP contribution in [0.2, 0.25) is 0 Å². The Morgan fingerprint density at radius 3 is 2.44 bits per heavy atom. The molecule has 0 aliphatic carbocycles. The first-order chi connectivity index (χ1) is 12.7. The van der Waals surface area contributed by atoms with Crippen molar-refractivity contribution in [1.29, 1.82) is 0 Å². The molecule has 4 nitrogen and oxygen atoms in total. The van der Waals surface area contributed by atoms with Crippen molar-refractivity contribution >= 4 is 28.7 Å². The molecule has 0 saturated carbocycles. The van der Waals surface area contributed by atoms with Crippen molar-refractivity contribution in [2.45, 2.75) is 45.5 Å². The third kappa shape index (κ3) is 7.89. The van der Waals surface area contributed by atoms with Gasteiger partial charge in [-0.1, -0.05) is 42.5 Å². The fraction of sp³-hybridized carbons (Fsp3) is 0.409. The van der Waals surface area contributed by atoms with Gasteiger partial charge in [0.15, 0.2) is 0 Å². The Balaban J connectivity index is 1.99. The smallest absolute Gasteiger partial charge is 0.410 e. The zero-order chi connectivity index (χ0) is 19.9. The lowest BCUT2D eigenvalue weighted by Gasteiger charge is -2.26. The standard InChI is InChI=1S/C22H28INO3/c1-22(2,3)27-21(25)24(4)14-13-20(18-10-6-5-7-11-18)26-16-17-9-8-12-19(23)15-17/h5-12,15,20H,13-14,16H2,1-4H3. The monoisotopic (exact) mass is 481 g/mol. The molecule has 0 aromatic heterocycles. The van der Waals surface area contributed by atoms with Gasteiger partial charge in [0.05, 0.1) is 12.7 Å². The first-order valence-corrected chi connectivity index (χ1v) is 10.2. The van der Waals surface area contributed by atoms with Crippen molar-refractivity contribution in [3.8, 4) is 0 Å². The van der Waals surface area contributed by atoms with E-state index in [9.17, 15) is 4.79 Å². The van der Waals surface area contributed by atoms with Crippen molar-refractivity contribution in [3.63, 3.8) is 0 Å². The minimum absolute atomic E-state index is 0.0889. The summed E-state index contributed by atoms with van der Waals surface area (Å²) in [6, 6.07) is 18.4. The molecule has 2 rings (SSSR count). The molecule has 0 aliphatic rings. The highest BCUT2D eigenvalue weighted by molar-refractivity contribution is 14.1. The van der Waals surface area contributed by atoms with Gasteiger partial charge in [-0.3, -0.25) is 0 Å². The highest BCUT2D eigenvalue weighted by atomic mass is 127. The van der Waals surface area contributed by atoms with Gasteiger partial charge in [-0.25, -0.2) is 4.79 Å². The number of nitrogens with zero attached hydrogens (tertiary/aromatic N) is 1. The zero-order valence-electron chi connectivity index (χ0n) is 16.4. The van der Waals surface area contributed by atoms with Crippen molar-refractivity contribution in [2.24, 2.45) is 0 Å². The maximum atomic E-state index is 12.2. The molecule has 0 fully saturated rings. The van der Waals surface area contributed by atoms with Gasteiger partial charge in [-0.05, 0) is 73.0 Å². The van der Waals surface area contributed by atoms with E-state index in [1.165, 1.54) is 3.57 Å². The van der Waals surface area contributed by atoms with Crippen LogP contribution in [-0.4, -0.2) is 30.2 Å². The molecule has 0 spiro atoms. The van der Waals surface area contributed by atoms with E-state index in [1.807, 2.05) is 45.0 Å². The molecular weight excluding hydrogens is 453 g/mol. The largest absolute Gasteiger partial charge is 0.444 e. The number of rotatable bonds is 7. The predicted molar refractivity (Wildman–Crippen MR) is 117 cm³/mol. The van der Waals surface area contributed by atoms with Crippen molar-refractivity contribution < 1.29 is 14.3 Å². The fourth-order valence-electron chi connectivity index (χ4n) is 2.58. The van der Waals surface area contributed by atoms with E-state index < -0.39 is 5.60 Å². The van der Waals surface area contributed by atoms with Crippen LogP contribution in [0.1, 0.15) is 44.4 Å². The lowest BCUT2D eigenvalue weighted by atomic mass is 10.1. The number of halogens is 1. The van der Waals surface area contributed by atoms with Gasteiger partial charge in [0.1, 0.15) is 5.60 Å². The summed E-state index contributed by atoms with van der Waals surface area (Å²) < 4.78 is 12.8. The normalized spacial score (nSPS) is 12.5. The number of benzene rings is 2. The highest BCUT2D eigenvalue weighted by Gasteiger charge is 2.21. The maximum absolute atomic E-state index is 12.2. The molecule has 27 heavy (non-hydrogen) atoms. The second-order valence-electron chi connectivity index (χ2n) is 7.53. The van der Waals surface area contributed by atoms with Crippen LogP contribution in [0.4, 0.5) is 4.79 Å². The number of carbonyl (C=O) groups is 1. The number of ether oxygens (including phenoxy) is 2. The lowest BCUT2D eigenvalue weighted by molar-refractivity contribution is 0.0137. The van der Waals surface area contributed by atoms with E-state index in [2.05, 4.69) is 52.9 Å².